The molecule has 0 aliphatic carbocycles. The number of rotatable bonds is 3. The molecule has 0 fully saturated rings. The zero-order valence-corrected chi connectivity index (χ0v) is 11.0. The number of aromatic amines is 1. The summed E-state index contributed by atoms with van der Waals surface area (Å²) in [6, 6.07) is 7.29. The van der Waals surface area contributed by atoms with Gasteiger partial charge in [-0.1, -0.05) is 0 Å². The van der Waals surface area contributed by atoms with Crippen molar-refractivity contribution < 1.29 is 14.6 Å². The van der Waals surface area contributed by atoms with Crippen molar-refractivity contribution >= 4 is 16.9 Å². The first kappa shape index (κ1) is 12.3. The van der Waals surface area contributed by atoms with E-state index >= 15 is 0 Å². The maximum atomic E-state index is 10.9. The Bertz CT molecular complexity index is 801. The first-order valence-corrected chi connectivity index (χ1v) is 6.02. The van der Waals surface area contributed by atoms with E-state index in [0.717, 1.165) is 22.2 Å². The number of hydrogen-bond donors (Lipinski definition) is 2. The molecule has 6 heteroatoms. The van der Waals surface area contributed by atoms with Gasteiger partial charge in [0.05, 0.1) is 12.8 Å². The fraction of sp³-hybridized carbons (Fsp3) is 0.143. The summed E-state index contributed by atoms with van der Waals surface area (Å²) in [4.78, 5) is 10.9. The molecule has 2 aromatic heterocycles. The molecular formula is C14H13N3O3. The molecule has 0 atom stereocenters. The summed E-state index contributed by atoms with van der Waals surface area (Å²) < 4.78 is 7.21. The van der Waals surface area contributed by atoms with E-state index in [4.69, 9.17) is 9.84 Å². The molecule has 3 aromatic rings. The van der Waals surface area contributed by atoms with Crippen molar-refractivity contribution in [2.75, 3.05) is 7.11 Å². The third kappa shape index (κ3) is 1.82. The number of aromatic nitrogens is 3. The quantitative estimate of drug-likeness (QED) is 0.765. The van der Waals surface area contributed by atoms with Gasteiger partial charge in [-0.15, -0.1) is 0 Å². The average molecular weight is 271 g/mol. The Labute approximate surface area is 114 Å². The second kappa shape index (κ2) is 4.41. The number of aromatic carboxylic acids is 1. The van der Waals surface area contributed by atoms with Crippen LogP contribution in [-0.4, -0.2) is 33.0 Å². The van der Waals surface area contributed by atoms with Crippen LogP contribution in [0.15, 0.2) is 30.5 Å². The number of aryl methyl sites for hydroxylation is 1. The van der Waals surface area contributed by atoms with E-state index in [1.54, 1.807) is 7.11 Å². The lowest BCUT2D eigenvalue weighted by Crippen LogP contribution is -1.95. The van der Waals surface area contributed by atoms with E-state index in [1.807, 2.05) is 36.0 Å². The minimum absolute atomic E-state index is 0.0694. The van der Waals surface area contributed by atoms with Gasteiger partial charge in [-0.05, 0) is 24.3 Å². The van der Waals surface area contributed by atoms with E-state index < -0.39 is 5.97 Å². The number of hydrogen-bond acceptors (Lipinski definition) is 3. The summed E-state index contributed by atoms with van der Waals surface area (Å²) >= 11 is 0. The van der Waals surface area contributed by atoms with Crippen LogP contribution in [0.25, 0.3) is 22.2 Å². The van der Waals surface area contributed by atoms with Crippen LogP contribution in [0, 0.1) is 0 Å². The standard InChI is InChI=1S/C14H13N3O3/c1-17-7-10(11-6-12(14(18)19)16-15-11)9-5-8(20-2)3-4-13(9)17/h3-7H,1-2H3,(H,15,16)(H,18,19). The Hall–Kier alpha value is -2.76. The number of carbonyl (C=O) groups is 1. The van der Waals surface area contributed by atoms with Gasteiger partial charge in [-0.25, -0.2) is 4.79 Å². The first-order valence-electron chi connectivity index (χ1n) is 6.02. The van der Waals surface area contributed by atoms with Crippen LogP contribution in [0.1, 0.15) is 10.5 Å². The first-order chi connectivity index (χ1) is 9.60. The molecule has 102 valence electrons. The number of nitrogens with one attached hydrogen (secondary N) is 1. The predicted molar refractivity (Wildman–Crippen MR) is 74.0 cm³/mol. The van der Waals surface area contributed by atoms with Crippen molar-refractivity contribution in [1.82, 2.24) is 14.8 Å². The van der Waals surface area contributed by atoms with Crippen LogP contribution in [0.5, 0.6) is 5.75 Å². The Morgan fingerprint density at radius 1 is 1.40 bits per heavy atom. The highest BCUT2D eigenvalue weighted by molar-refractivity contribution is 5.97. The summed E-state index contributed by atoms with van der Waals surface area (Å²) in [6.07, 6.45) is 1.92. The fourth-order valence-corrected chi connectivity index (χ4v) is 2.27. The van der Waals surface area contributed by atoms with Crippen molar-refractivity contribution in [3.63, 3.8) is 0 Å². The number of fused-ring (bicyclic) bond motifs is 1. The van der Waals surface area contributed by atoms with Crippen LogP contribution < -0.4 is 4.74 Å². The van der Waals surface area contributed by atoms with Crippen LogP contribution in [0.2, 0.25) is 0 Å². The Morgan fingerprint density at radius 3 is 2.85 bits per heavy atom. The molecule has 2 N–H and O–H groups in total. The zero-order chi connectivity index (χ0) is 14.3. The largest absolute Gasteiger partial charge is 0.497 e. The molecule has 0 amide bonds. The number of carboxylic acids is 1. The minimum Gasteiger partial charge on any atom is -0.497 e. The lowest BCUT2D eigenvalue weighted by atomic mass is 10.1. The van der Waals surface area contributed by atoms with Gasteiger partial charge in [0.25, 0.3) is 0 Å². The maximum absolute atomic E-state index is 10.9. The molecule has 0 spiro atoms. The molecule has 3 rings (SSSR count). The van der Waals surface area contributed by atoms with E-state index in [9.17, 15) is 4.79 Å². The van der Waals surface area contributed by atoms with Crippen molar-refractivity contribution in [2.24, 2.45) is 7.05 Å². The lowest BCUT2D eigenvalue weighted by Gasteiger charge is -2.01. The van der Waals surface area contributed by atoms with E-state index in [2.05, 4.69) is 10.2 Å². The predicted octanol–water partition coefficient (Wildman–Crippen LogP) is 2.28. The van der Waals surface area contributed by atoms with Gasteiger partial charge in [-0.3, -0.25) is 5.10 Å². The zero-order valence-electron chi connectivity index (χ0n) is 11.0. The van der Waals surface area contributed by atoms with Crippen LogP contribution in [0.3, 0.4) is 0 Å². The third-order valence-electron chi connectivity index (χ3n) is 3.28. The highest BCUT2D eigenvalue weighted by Crippen LogP contribution is 2.31. The van der Waals surface area contributed by atoms with Gasteiger partial charge in [0.1, 0.15) is 11.4 Å². The van der Waals surface area contributed by atoms with E-state index in [1.165, 1.54) is 6.07 Å². The Balaban J connectivity index is 2.21. The van der Waals surface area contributed by atoms with Gasteiger partial charge < -0.3 is 14.4 Å². The second-order valence-corrected chi connectivity index (χ2v) is 4.51. The summed E-state index contributed by atoms with van der Waals surface area (Å²) in [7, 11) is 3.55. The molecule has 6 nitrogen and oxygen atoms in total. The lowest BCUT2D eigenvalue weighted by molar-refractivity contribution is 0.0690. The Kier molecular flexibility index (Phi) is 2.71. The molecule has 0 saturated heterocycles. The normalized spacial score (nSPS) is 10.9. The highest BCUT2D eigenvalue weighted by atomic mass is 16.5. The molecule has 0 aliphatic rings. The van der Waals surface area contributed by atoms with Crippen molar-refractivity contribution in [2.45, 2.75) is 0 Å². The van der Waals surface area contributed by atoms with Crippen molar-refractivity contribution in [3.8, 4) is 17.0 Å². The third-order valence-corrected chi connectivity index (χ3v) is 3.28. The molecule has 0 saturated carbocycles. The van der Waals surface area contributed by atoms with Crippen LogP contribution in [0.4, 0.5) is 0 Å². The Morgan fingerprint density at radius 2 is 2.20 bits per heavy atom. The second-order valence-electron chi connectivity index (χ2n) is 4.51. The molecular weight excluding hydrogens is 258 g/mol. The monoisotopic (exact) mass is 271 g/mol. The molecule has 0 bridgehead atoms. The highest BCUT2D eigenvalue weighted by Gasteiger charge is 2.14. The molecule has 0 radical (unpaired) electrons. The summed E-state index contributed by atoms with van der Waals surface area (Å²) in [5, 5.41) is 16.5. The van der Waals surface area contributed by atoms with Crippen LogP contribution >= 0.6 is 0 Å². The number of H-pyrrole nitrogens is 1. The topological polar surface area (TPSA) is 80.1 Å². The molecule has 0 unspecified atom stereocenters. The van der Waals surface area contributed by atoms with Gasteiger partial charge >= 0.3 is 5.97 Å². The van der Waals surface area contributed by atoms with Crippen molar-refractivity contribution in [3.05, 3.63) is 36.2 Å². The number of methoxy groups -OCH3 is 1. The van der Waals surface area contributed by atoms with Crippen LogP contribution in [-0.2, 0) is 7.05 Å². The number of carboxylic acid groups (broad SMARTS) is 1. The SMILES string of the molecule is COc1ccc2c(c1)c(-c1cc(C(=O)O)[nH]n1)cn2C. The molecule has 2 heterocycles. The smallest absolute Gasteiger partial charge is 0.353 e. The number of ether oxygens (including phenoxy) is 1. The average Bonchev–Trinajstić information content (AvgIpc) is 3.03. The van der Waals surface area contributed by atoms with Gasteiger partial charge in [0, 0.05) is 29.7 Å². The van der Waals surface area contributed by atoms with Crippen molar-refractivity contribution in [1.29, 1.82) is 0 Å². The summed E-state index contributed by atoms with van der Waals surface area (Å²) in [5.41, 5.74) is 2.56. The summed E-state index contributed by atoms with van der Waals surface area (Å²) in [6.45, 7) is 0. The maximum Gasteiger partial charge on any atom is 0.353 e. The fourth-order valence-electron chi connectivity index (χ4n) is 2.27. The molecule has 20 heavy (non-hydrogen) atoms. The van der Waals surface area contributed by atoms with E-state index in [0.29, 0.717) is 5.69 Å². The molecule has 0 aliphatic heterocycles. The minimum atomic E-state index is -1.03. The number of nitrogens with zero attached hydrogens (tertiary/aromatic N) is 2. The van der Waals surface area contributed by atoms with Gasteiger partial charge in [0.2, 0.25) is 0 Å². The van der Waals surface area contributed by atoms with E-state index in [-0.39, 0.29) is 5.69 Å². The van der Waals surface area contributed by atoms with Gasteiger partial charge in [0.15, 0.2) is 0 Å². The summed E-state index contributed by atoms with van der Waals surface area (Å²) in [5.74, 6) is -0.277. The molecule has 1 aromatic carbocycles. The number of benzene rings is 1. The van der Waals surface area contributed by atoms with Gasteiger partial charge in [-0.2, -0.15) is 5.10 Å².